The summed E-state index contributed by atoms with van der Waals surface area (Å²) in [5.74, 6) is 1.52. The van der Waals surface area contributed by atoms with E-state index in [1.54, 1.807) is 18.4 Å². The summed E-state index contributed by atoms with van der Waals surface area (Å²) >= 11 is 0. The molecule has 0 aliphatic heterocycles. The molecule has 5 nitrogen and oxygen atoms in total. The van der Waals surface area contributed by atoms with Crippen molar-refractivity contribution >= 4 is 0 Å². The Balaban J connectivity index is 1.92. The molecule has 0 fully saturated rings. The molecule has 2 heterocycles. The monoisotopic (exact) mass is 255 g/mol. The summed E-state index contributed by atoms with van der Waals surface area (Å²) in [6.07, 6.45) is 2.40. The van der Waals surface area contributed by atoms with Crippen LogP contribution in [0.5, 0.6) is 0 Å². The van der Waals surface area contributed by atoms with Crippen molar-refractivity contribution in [2.24, 2.45) is 5.73 Å². The van der Waals surface area contributed by atoms with Crippen molar-refractivity contribution in [1.29, 1.82) is 0 Å². The van der Waals surface area contributed by atoms with Gasteiger partial charge in [0.15, 0.2) is 5.76 Å². The fraction of sp³-hybridized carbons (Fsp3) is 0.143. The Morgan fingerprint density at radius 1 is 1.16 bits per heavy atom. The third-order valence-corrected chi connectivity index (χ3v) is 2.77. The van der Waals surface area contributed by atoms with Crippen molar-refractivity contribution in [3.8, 4) is 23.0 Å². The van der Waals surface area contributed by atoms with Crippen LogP contribution in [0.25, 0.3) is 23.0 Å². The van der Waals surface area contributed by atoms with E-state index in [4.69, 9.17) is 14.7 Å². The first-order valence-electron chi connectivity index (χ1n) is 6.04. The zero-order chi connectivity index (χ0) is 13.1. The summed E-state index contributed by atoms with van der Waals surface area (Å²) in [6.45, 7) is 0.616. The van der Waals surface area contributed by atoms with Crippen molar-refractivity contribution < 1.29 is 8.94 Å². The topological polar surface area (TPSA) is 78.1 Å². The standard InChI is InChI=1S/C14H13N3O2/c15-7-6-10-3-1-4-11(9-10)14-16-13(17-19-14)12-5-2-8-18-12/h1-5,8-9H,6-7,15H2. The van der Waals surface area contributed by atoms with E-state index in [0.717, 1.165) is 17.5 Å². The molecular weight excluding hydrogens is 242 g/mol. The van der Waals surface area contributed by atoms with Crippen molar-refractivity contribution in [2.75, 3.05) is 6.54 Å². The minimum atomic E-state index is 0.448. The molecule has 1 aromatic carbocycles. The predicted molar refractivity (Wildman–Crippen MR) is 70.2 cm³/mol. The molecule has 0 radical (unpaired) electrons. The van der Waals surface area contributed by atoms with Gasteiger partial charge in [0.25, 0.3) is 5.89 Å². The van der Waals surface area contributed by atoms with Gasteiger partial charge in [-0.05, 0) is 42.8 Å². The van der Waals surface area contributed by atoms with E-state index in [0.29, 0.717) is 24.0 Å². The lowest BCUT2D eigenvalue weighted by atomic mass is 10.1. The number of nitrogens with two attached hydrogens (primary N) is 1. The van der Waals surface area contributed by atoms with Crippen molar-refractivity contribution in [1.82, 2.24) is 10.1 Å². The molecule has 0 unspecified atom stereocenters. The van der Waals surface area contributed by atoms with Gasteiger partial charge in [-0.1, -0.05) is 17.3 Å². The molecule has 0 saturated carbocycles. The summed E-state index contributed by atoms with van der Waals surface area (Å²) in [5, 5.41) is 3.91. The molecule has 3 rings (SSSR count). The first kappa shape index (κ1) is 11.7. The van der Waals surface area contributed by atoms with Crippen LogP contribution in [0.4, 0.5) is 0 Å². The Hall–Kier alpha value is -2.40. The maximum absolute atomic E-state index is 5.55. The van der Waals surface area contributed by atoms with Crippen LogP contribution in [-0.2, 0) is 6.42 Å². The van der Waals surface area contributed by atoms with Crippen LogP contribution in [0.3, 0.4) is 0 Å². The maximum atomic E-state index is 5.55. The highest BCUT2D eigenvalue weighted by Crippen LogP contribution is 2.23. The molecule has 2 N–H and O–H groups in total. The SMILES string of the molecule is NCCc1cccc(-c2nc(-c3ccco3)no2)c1. The van der Waals surface area contributed by atoms with Gasteiger partial charge in [-0.15, -0.1) is 0 Å². The number of aromatic nitrogens is 2. The molecule has 0 aliphatic rings. The fourth-order valence-electron chi connectivity index (χ4n) is 1.87. The van der Waals surface area contributed by atoms with Gasteiger partial charge in [0.2, 0.25) is 5.82 Å². The van der Waals surface area contributed by atoms with Crippen molar-refractivity contribution in [2.45, 2.75) is 6.42 Å². The van der Waals surface area contributed by atoms with Crippen molar-refractivity contribution in [3.63, 3.8) is 0 Å². The summed E-state index contributed by atoms with van der Waals surface area (Å²) in [4.78, 5) is 4.32. The van der Waals surface area contributed by atoms with Gasteiger partial charge in [-0.2, -0.15) is 4.98 Å². The highest BCUT2D eigenvalue weighted by atomic mass is 16.5. The number of hydrogen-bond acceptors (Lipinski definition) is 5. The molecule has 96 valence electrons. The summed E-state index contributed by atoms with van der Waals surface area (Å²) < 4.78 is 10.5. The van der Waals surface area contributed by atoms with E-state index in [9.17, 15) is 0 Å². The molecule has 2 aromatic heterocycles. The number of hydrogen-bond donors (Lipinski definition) is 1. The van der Waals surface area contributed by atoms with Crippen LogP contribution in [0, 0.1) is 0 Å². The van der Waals surface area contributed by atoms with Gasteiger partial charge >= 0.3 is 0 Å². The second kappa shape index (κ2) is 5.07. The molecule has 0 amide bonds. The van der Waals surface area contributed by atoms with Crippen LogP contribution in [0.15, 0.2) is 51.6 Å². The lowest BCUT2D eigenvalue weighted by Gasteiger charge is -1.99. The molecule has 0 aliphatic carbocycles. The normalized spacial score (nSPS) is 10.8. The maximum Gasteiger partial charge on any atom is 0.258 e. The van der Waals surface area contributed by atoms with Crippen molar-refractivity contribution in [3.05, 3.63) is 48.2 Å². The summed E-state index contributed by atoms with van der Waals surface area (Å²) in [6, 6.07) is 11.5. The van der Waals surface area contributed by atoms with Crippen LogP contribution in [0.2, 0.25) is 0 Å². The molecule has 19 heavy (non-hydrogen) atoms. The summed E-state index contributed by atoms with van der Waals surface area (Å²) in [5.41, 5.74) is 7.59. The lowest BCUT2D eigenvalue weighted by Crippen LogP contribution is -2.02. The Bertz CT molecular complexity index is 659. The Morgan fingerprint density at radius 3 is 2.89 bits per heavy atom. The van der Waals surface area contributed by atoms with Crippen LogP contribution >= 0.6 is 0 Å². The molecule has 3 aromatic rings. The highest BCUT2D eigenvalue weighted by molar-refractivity contribution is 5.57. The zero-order valence-electron chi connectivity index (χ0n) is 10.2. The van der Waals surface area contributed by atoms with E-state index in [2.05, 4.69) is 10.1 Å². The molecule has 5 heteroatoms. The average molecular weight is 255 g/mol. The predicted octanol–water partition coefficient (Wildman–Crippen LogP) is 2.50. The molecule has 0 bridgehead atoms. The van der Waals surface area contributed by atoms with Gasteiger partial charge < -0.3 is 14.7 Å². The quantitative estimate of drug-likeness (QED) is 0.774. The van der Waals surface area contributed by atoms with Crippen LogP contribution in [-0.4, -0.2) is 16.7 Å². The number of furan rings is 1. The van der Waals surface area contributed by atoms with E-state index in [1.807, 2.05) is 24.3 Å². The molecular formula is C14H13N3O2. The van der Waals surface area contributed by atoms with Crippen LogP contribution < -0.4 is 5.73 Å². The van der Waals surface area contributed by atoms with E-state index in [1.165, 1.54) is 0 Å². The third-order valence-electron chi connectivity index (χ3n) is 2.77. The Labute approximate surface area is 110 Å². The Kier molecular flexibility index (Phi) is 3.12. The van der Waals surface area contributed by atoms with E-state index < -0.39 is 0 Å². The van der Waals surface area contributed by atoms with Crippen LogP contribution in [0.1, 0.15) is 5.56 Å². The highest BCUT2D eigenvalue weighted by Gasteiger charge is 2.12. The largest absolute Gasteiger partial charge is 0.461 e. The molecule has 0 atom stereocenters. The Morgan fingerprint density at radius 2 is 2.11 bits per heavy atom. The first-order chi connectivity index (χ1) is 9.36. The number of nitrogens with zero attached hydrogens (tertiary/aromatic N) is 2. The minimum absolute atomic E-state index is 0.448. The molecule has 0 spiro atoms. The van der Waals surface area contributed by atoms with E-state index in [-0.39, 0.29) is 0 Å². The smallest absolute Gasteiger partial charge is 0.258 e. The summed E-state index contributed by atoms with van der Waals surface area (Å²) in [7, 11) is 0. The zero-order valence-corrected chi connectivity index (χ0v) is 10.2. The van der Waals surface area contributed by atoms with Gasteiger partial charge in [0.05, 0.1) is 6.26 Å². The first-order valence-corrected chi connectivity index (χ1v) is 6.04. The lowest BCUT2D eigenvalue weighted by molar-refractivity contribution is 0.429. The number of rotatable bonds is 4. The van der Waals surface area contributed by atoms with E-state index >= 15 is 0 Å². The van der Waals surface area contributed by atoms with Gasteiger partial charge in [-0.25, -0.2) is 0 Å². The molecule has 0 saturated heterocycles. The average Bonchev–Trinajstić information content (AvgIpc) is 3.11. The second-order valence-electron chi connectivity index (χ2n) is 4.14. The number of benzene rings is 1. The fourth-order valence-corrected chi connectivity index (χ4v) is 1.87. The van der Waals surface area contributed by atoms with Gasteiger partial charge in [0.1, 0.15) is 0 Å². The van der Waals surface area contributed by atoms with Gasteiger partial charge in [-0.3, -0.25) is 0 Å². The third kappa shape index (κ3) is 2.41. The van der Waals surface area contributed by atoms with Gasteiger partial charge in [0, 0.05) is 5.56 Å². The minimum Gasteiger partial charge on any atom is -0.461 e. The second-order valence-corrected chi connectivity index (χ2v) is 4.14.